The van der Waals surface area contributed by atoms with E-state index < -0.39 is 23.2 Å². The molecule has 6 aliphatic rings. The van der Waals surface area contributed by atoms with Crippen molar-refractivity contribution in [3.05, 3.63) is 65.2 Å². The number of carbonyl (C=O) groups is 1. The van der Waals surface area contributed by atoms with Crippen molar-refractivity contribution in [2.45, 2.75) is 130 Å². The number of aliphatic hydroxyl groups excluding tert-OH is 2. The number of hydroxylamine groups is 2. The van der Waals surface area contributed by atoms with Crippen molar-refractivity contribution >= 4 is 5.91 Å². The van der Waals surface area contributed by atoms with Gasteiger partial charge in [-0.3, -0.25) is 14.5 Å². The van der Waals surface area contributed by atoms with Gasteiger partial charge in [-0.05, 0) is 105 Å². The fourth-order valence-electron chi connectivity index (χ4n) is 11.3. The molecule has 2 aliphatic heterocycles. The predicted octanol–water partition coefficient (Wildman–Crippen LogP) is 5.38. The van der Waals surface area contributed by atoms with Crippen molar-refractivity contribution in [1.29, 1.82) is 0 Å². The average molecular weight is 761 g/mol. The molecule has 0 radical (unpaired) electrons. The molecule has 2 aromatic carbocycles. The third-order valence-electron chi connectivity index (χ3n) is 14.6. The third-order valence-corrected chi connectivity index (χ3v) is 14.6. The van der Waals surface area contributed by atoms with Crippen LogP contribution in [0.4, 0.5) is 0 Å². The molecule has 4 saturated carbocycles. The highest BCUT2D eigenvalue weighted by Crippen LogP contribution is 2.66. The number of likely N-dealkylation sites (tertiary alicyclic amines) is 1. The summed E-state index contributed by atoms with van der Waals surface area (Å²) in [6.07, 6.45) is 5.52. The summed E-state index contributed by atoms with van der Waals surface area (Å²) < 4.78 is 6.00. The van der Waals surface area contributed by atoms with Crippen LogP contribution in [0.2, 0.25) is 0 Å². The van der Waals surface area contributed by atoms with E-state index in [-0.39, 0.29) is 31.8 Å². The minimum Gasteiger partial charge on any atom is -0.491 e. The molecule has 0 aromatic heterocycles. The van der Waals surface area contributed by atoms with E-state index in [1.165, 1.54) is 24.8 Å². The third kappa shape index (κ3) is 8.12. The number of para-hydroxylation sites is 1. The predicted molar refractivity (Wildman–Crippen MR) is 214 cm³/mol. The SMILES string of the molecule is CC(C)C[C@@H](CN1CCCC1)N(Cc1cccc(CN2O[C@@H](CO)[C@]3(CC3(C)O)[C@H]2C(=O)N[C@H]2C[C@H]3C[C@@H]([C@@H]2C)C3(C)C)c1)Cc1ccccc1OCCO. The molecule has 1 unspecified atom stereocenters. The number of hydrogen-bond acceptors (Lipinski definition) is 9. The molecule has 8 rings (SSSR count). The van der Waals surface area contributed by atoms with E-state index in [2.05, 4.69) is 86.1 Å². The van der Waals surface area contributed by atoms with Gasteiger partial charge in [-0.2, -0.15) is 5.06 Å². The summed E-state index contributed by atoms with van der Waals surface area (Å²) in [6.45, 7) is 18.5. The van der Waals surface area contributed by atoms with Gasteiger partial charge in [0.05, 0.1) is 30.8 Å². The number of nitrogens with one attached hydrogen (secondary N) is 1. The molecule has 9 atom stereocenters. The van der Waals surface area contributed by atoms with Gasteiger partial charge in [0.15, 0.2) is 0 Å². The van der Waals surface area contributed by atoms with E-state index in [4.69, 9.17) is 9.57 Å². The molecule has 1 amide bonds. The highest BCUT2D eigenvalue weighted by Gasteiger charge is 2.78. The fraction of sp³-hybridized carbons (Fsp3) is 0.711. The molecule has 2 saturated heterocycles. The van der Waals surface area contributed by atoms with E-state index in [9.17, 15) is 20.1 Å². The quantitative estimate of drug-likeness (QED) is 0.169. The van der Waals surface area contributed by atoms with E-state index in [1.807, 2.05) is 12.1 Å². The van der Waals surface area contributed by atoms with Gasteiger partial charge in [0.25, 0.3) is 0 Å². The standard InChI is InChI=1S/C45H68N4O6/c1-30(2)20-36(27-47-16-9-10-17-47)48(26-34-14-7-8-15-39(34)54-19-18-50)24-32-12-11-13-33(21-32)25-49-41(45(29-44(45,6)53)40(28-51)55-49)42(52)46-38-23-35-22-37(31(38)3)43(35,4)5/h7-8,11-15,21,30-31,35-38,40-41,50-51,53H,9-10,16-20,22-29H2,1-6H3,(H,46,52)/t31-,35+,36-,37-,38-,40-,41+,44?,45+/m0/s1. The number of carbonyl (C=O) groups excluding carboxylic acids is 1. The van der Waals surface area contributed by atoms with Gasteiger partial charge in [-0.25, -0.2) is 0 Å². The van der Waals surface area contributed by atoms with Crippen molar-refractivity contribution in [2.75, 3.05) is 39.5 Å². The zero-order valence-corrected chi connectivity index (χ0v) is 34.3. The smallest absolute Gasteiger partial charge is 0.240 e. The van der Waals surface area contributed by atoms with E-state index in [0.717, 1.165) is 55.9 Å². The Balaban J connectivity index is 1.13. The lowest BCUT2D eigenvalue weighted by Gasteiger charge is -2.62. The van der Waals surface area contributed by atoms with Gasteiger partial charge < -0.3 is 30.3 Å². The highest BCUT2D eigenvalue weighted by atomic mass is 16.7. The summed E-state index contributed by atoms with van der Waals surface area (Å²) in [4.78, 5) is 26.1. The number of hydrogen-bond donors (Lipinski definition) is 4. The summed E-state index contributed by atoms with van der Waals surface area (Å²) in [5.74, 6) is 2.81. The van der Waals surface area contributed by atoms with Crippen LogP contribution in [0, 0.1) is 34.5 Å². The van der Waals surface area contributed by atoms with Gasteiger partial charge in [0.1, 0.15) is 24.5 Å². The first-order chi connectivity index (χ1) is 26.3. The Bertz CT molecular complexity index is 1630. The molecule has 2 bridgehead atoms. The van der Waals surface area contributed by atoms with Crippen molar-refractivity contribution < 1.29 is 29.7 Å². The van der Waals surface area contributed by atoms with Crippen LogP contribution in [0.3, 0.4) is 0 Å². The van der Waals surface area contributed by atoms with Crippen LogP contribution in [-0.2, 0) is 29.3 Å². The zero-order valence-electron chi connectivity index (χ0n) is 34.3. The minimum atomic E-state index is -1.11. The van der Waals surface area contributed by atoms with Crippen LogP contribution in [0.5, 0.6) is 5.75 Å². The Morgan fingerprint density at radius 1 is 1.04 bits per heavy atom. The number of benzene rings is 2. The second-order valence-electron chi connectivity index (χ2n) is 19.0. The number of nitrogens with zero attached hydrogens (tertiary/aromatic N) is 3. The molecule has 55 heavy (non-hydrogen) atoms. The summed E-state index contributed by atoms with van der Waals surface area (Å²) in [5, 5.41) is 36.7. The van der Waals surface area contributed by atoms with Crippen molar-refractivity contribution in [2.24, 2.45) is 34.5 Å². The van der Waals surface area contributed by atoms with Crippen LogP contribution in [-0.4, -0.2) is 105 Å². The van der Waals surface area contributed by atoms with Crippen LogP contribution < -0.4 is 10.1 Å². The number of aliphatic hydroxyl groups is 3. The second kappa shape index (κ2) is 16.4. The van der Waals surface area contributed by atoms with E-state index in [0.29, 0.717) is 54.6 Å². The maximum absolute atomic E-state index is 14.5. The van der Waals surface area contributed by atoms with E-state index >= 15 is 0 Å². The summed E-state index contributed by atoms with van der Waals surface area (Å²) >= 11 is 0. The van der Waals surface area contributed by atoms with Gasteiger partial charge >= 0.3 is 0 Å². The minimum absolute atomic E-state index is 0.0320. The molecule has 2 heterocycles. The monoisotopic (exact) mass is 761 g/mol. The Hall–Kier alpha value is -2.57. The van der Waals surface area contributed by atoms with Gasteiger partial charge in [-0.15, -0.1) is 0 Å². The lowest BCUT2D eigenvalue weighted by molar-refractivity contribution is -0.183. The summed E-state index contributed by atoms with van der Waals surface area (Å²) in [7, 11) is 0. The average Bonchev–Trinajstić information content (AvgIpc) is 3.44. The molecule has 4 aliphatic carbocycles. The first-order valence-corrected chi connectivity index (χ1v) is 21.2. The van der Waals surface area contributed by atoms with Crippen LogP contribution in [0.25, 0.3) is 0 Å². The number of rotatable bonds is 17. The van der Waals surface area contributed by atoms with Crippen LogP contribution in [0.1, 0.15) is 96.8 Å². The molecule has 304 valence electrons. The van der Waals surface area contributed by atoms with Gasteiger partial charge in [0, 0.05) is 37.3 Å². The lowest BCUT2D eigenvalue weighted by atomic mass is 9.45. The first kappa shape index (κ1) is 40.6. The Labute approximate surface area is 329 Å². The molecule has 10 nitrogen and oxygen atoms in total. The van der Waals surface area contributed by atoms with E-state index in [1.54, 1.807) is 12.0 Å². The number of fused-ring (bicyclic) bond motifs is 2. The maximum atomic E-state index is 14.5. The first-order valence-electron chi connectivity index (χ1n) is 21.2. The number of ether oxygens (including phenoxy) is 1. The highest BCUT2D eigenvalue weighted by molar-refractivity contribution is 5.84. The lowest BCUT2D eigenvalue weighted by Crippen LogP contribution is -2.62. The Morgan fingerprint density at radius 2 is 1.76 bits per heavy atom. The molecule has 1 spiro atoms. The maximum Gasteiger partial charge on any atom is 0.240 e. The number of amides is 1. The normalized spacial score (nSPS) is 33.3. The largest absolute Gasteiger partial charge is 0.491 e. The fourth-order valence-corrected chi connectivity index (χ4v) is 11.3. The molecule has 2 aromatic rings. The van der Waals surface area contributed by atoms with Crippen molar-refractivity contribution in [3.8, 4) is 5.75 Å². The summed E-state index contributed by atoms with van der Waals surface area (Å²) in [6, 6.07) is 16.5. The topological polar surface area (TPSA) is 118 Å². The molecule has 4 N–H and O–H groups in total. The summed E-state index contributed by atoms with van der Waals surface area (Å²) in [5.41, 5.74) is 1.63. The van der Waals surface area contributed by atoms with Crippen LogP contribution in [0.15, 0.2) is 48.5 Å². The molecule has 6 fully saturated rings. The van der Waals surface area contributed by atoms with Gasteiger partial charge in [-0.1, -0.05) is 77.1 Å². The van der Waals surface area contributed by atoms with Crippen molar-refractivity contribution in [3.63, 3.8) is 0 Å². The van der Waals surface area contributed by atoms with Gasteiger partial charge in [0.2, 0.25) is 5.91 Å². The molecular formula is C45H68N4O6. The second-order valence-corrected chi connectivity index (χ2v) is 19.0. The Morgan fingerprint density at radius 3 is 2.42 bits per heavy atom. The van der Waals surface area contributed by atoms with Crippen LogP contribution >= 0.6 is 0 Å². The zero-order chi connectivity index (χ0) is 39.1. The Kier molecular flexibility index (Phi) is 12.1. The molecular weight excluding hydrogens is 693 g/mol. The van der Waals surface area contributed by atoms with Crippen molar-refractivity contribution in [1.82, 2.24) is 20.2 Å². The molecule has 10 heteroatoms.